The molecule has 1 unspecified atom stereocenters. The molecule has 1 saturated heterocycles. The van der Waals surface area contributed by atoms with Crippen molar-refractivity contribution in [2.24, 2.45) is 0 Å². The highest BCUT2D eigenvalue weighted by atomic mass is 16.5. The molecule has 1 aromatic rings. The van der Waals surface area contributed by atoms with E-state index in [0.29, 0.717) is 6.54 Å². The highest BCUT2D eigenvalue weighted by molar-refractivity contribution is 5.78. The molecule has 0 aliphatic carbocycles. The van der Waals surface area contributed by atoms with Crippen LogP contribution in [-0.4, -0.2) is 26.2 Å². The Morgan fingerprint density at radius 3 is 2.94 bits per heavy atom. The summed E-state index contributed by atoms with van der Waals surface area (Å²) < 4.78 is 10.8. The number of amides is 1. The lowest BCUT2D eigenvalue weighted by Crippen LogP contribution is -2.48. The van der Waals surface area contributed by atoms with Crippen LogP contribution >= 0.6 is 0 Å². The van der Waals surface area contributed by atoms with Crippen molar-refractivity contribution < 1.29 is 14.3 Å². The summed E-state index contributed by atoms with van der Waals surface area (Å²) in [5.74, 6) is 0.722. The van der Waals surface area contributed by atoms with Gasteiger partial charge in [-0.1, -0.05) is 12.1 Å². The Morgan fingerprint density at radius 2 is 2.31 bits per heavy atom. The van der Waals surface area contributed by atoms with Crippen molar-refractivity contribution in [3.8, 4) is 5.75 Å². The minimum Gasteiger partial charge on any atom is -0.497 e. The zero-order valence-corrected chi connectivity index (χ0v) is 9.45. The fourth-order valence-electron chi connectivity index (χ4n) is 1.73. The van der Waals surface area contributed by atoms with Crippen molar-refractivity contribution in [1.29, 1.82) is 0 Å². The Labute approximate surface area is 94.6 Å². The van der Waals surface area contributed by atoms with Gasteiger partial charge in [0, 0.05) is 0 Å². The topological polar surface area (TPSA) is 47.6 Å². The van der Waals surface area contributed by atoms with Gasteiger partial charge < -0.3 is 14.8 Å². The maximum Gasteiger partial charge on any atom is 0.246 e. The zero-order valence-electron chi connectivity index (χ0n) is 9.45. The molecule has 1 aliphatic rings. The van der Waals surface area contributed by atoms with E-state index in [2.05, 4.69) is 5.32 Å². The lowest BCUT2D eigenvalue weighted by molar-refractivity contribution is -0.142. The van der Waals surface area contributed by atoms with E-state index in [9.17, 15) is 4.79 Å². The molecule has 0 radical (unpaired) electrons. The number of carbonyl (C=O) groups is 1. The lowest BCUT2D eigenvalue weighted by Gasteiger charge is -2.34. The molecule has 1 aliphatic heterocycles. The van der Waals surface area contributed by atoms with Crippen molar-refractivity contribution >= 4 is 5.91 Å². The van der Waals surface area contributed by atoms with E-state index < -0.39 is 5.60 Å². The van der Waals surface area contributed by atoms with Gasteiger partial charge in [-0.25, -0.2) is 0 Å². The minimum absolute atomic E-state index is 0.0691. The molecule has 86 valence electrons. The molecular weight excluding hydrogens is 206 g/mol. The molecular formula is C12H15NO3. The quantitative estimate of drug-likeness (QED) is 0.812. The van der Waals surface area contributed by atoms with Crippen LogP contribution in [0.25, 0.3) is 0 Å². The van der Waals surface area contributed by atoms with E-state index >= 15 is 0 Å². The van der Waals surface area contributed by atoms with E-state index in [4.69, 9.17) is 9.47 Å². The van der Waals surface area contributed by atoms with Gasteiger partial charge in [-0.2, -0.15) is 0 Å². The first kappa shape index (κ1) is 11.0. The van der Waals surface area contributed by atoms with Crippen LogP contribution in [0, 0.1) is 0 Å². The monoisotopic (exact) mass is 221 g/mol. The minimum atomic E-state index is -0.470. The predicted octanol–water partition coefficient (Wildman–Crippen LogP) is 1.06. The number of nitrogens with one attached hydrogen (secondary N) is 1. The Morgan fingerprint density at radius 1 is 1.50 bits per heavy atom. The molecule has 0 aromatic heterocycles. The van der Waals surface area contributed by atoms with E-state index in [1.165, 1.54) is 0 Å². The summed E-state index contributed by atoms with van der Waals surface area (Å²) in [6, 6.07) is 7.70. The van der Waals surface area contributed by atoms with Crippen LogP contribution in [0.15, 0.2) is 24.3 Å². The molecule has 1 aromatic carbocycles. The maximum atomic E-state index is 11.0. The number of rotatable bonds is 2. The summed E-state index contributed by atoms with van der Waals surface area (Å²) >= 11 is 0. The van der Waals surface area contributed by atoms with E-state index in [0.717, 1.165) is 11.3 Å². The lowest BCUT2D eigenvalue weighted by atomic mass is 9.94. The van der Waals surface area contributed by atoms with Crippen LogP contribution in [-0.2, 0) is 15.1 Å². The fourth-order valence-corrected chi connectivity index (χ4v) is 1.73. The van der Waals surface area contributed by atoms with Gasteiger partial charge in [-0.3, -0.25) is 4.79 Å². The molecule has 0 spiro atoms. The average molecular weight is 221 g/mol. The maximum absolute atomic E-state index is 11.0. The second kappa shape index (κ2) is 4.14. The first-order chi connectivity index (χ1) is 7.64. The number of carbonyl (C=O) groups excluding carboxylic acids is 1. The van der Waals surface area contributed by atoms with Gasteiger partial charge in [0.2, 0.25) is 5.91 Å². The van der Waals surface area contributed by atoms with Gasteiger partial charge in [0.15, 0.2) is 0 Å². The number of hydrogen-bond donors (Lipinski definition) is 1. The smallest absolute Gasteiger partial charge is 0.246 e. The Bertz CT molecular complexity index is 393. The van der Waals surface area contributed by atoms with Crippen molar-refractivity contribution in [3.63, 3.8) is 0 Å². The molecule has 1 amide bonds. The third kappa shape index (κ3) is 2.02. The summed E-state index contributed by atoms with van der Waals surface area (Å²) in [7, 11) is 1.63. The molecule has 16 heavy (non-hydrogen) atoms. The van der Waals surface area contributed by atoms with Gasteiger partial charge in [-0.15, -0.1) is 0 Å². The van der Waals surface area contributed by atoms with Gasteiger partial charge >= 0.3 is 0 Å². The molecule has 0 bridgehead atoms. The average Bonchev–Trinajstić information content (AvgIpc) is 2.33. The summed E-state index contributed by atoms with van der Waals surface area (Å²) in [4.78, 5) is 11.0. The molecule has 2 rings (SSSR count). The molecule has 1 N–H and O–H groups in total. The Kier molecular flexibility index (Phi) is 2.83. The van der Waals surface area contributed by atoms with Crippen LogP contribution in [0.1, 0.15) is 12.5 Å². The second-order valence-corrected chi connectivity index (χ2v) is 4.03. The Hall–Kier alpha value is -1.55. The van der Waals surface area contributed by atoms with Crippen LogP contribution in [0.4, 0.5) is 0 Å². The number of benzene rings is 1. The number of morpholine rings is 1. The third-order valence-electron chi connectivity index (χ3n) is 2.83. The van der Waals surface area contributed by atoms with Crippen molar-refractivity contribution in [2.45, 2.75) is 12.5 Å². The summed E-state index contributed by atoms with van der Waals surface area (Å²) in [5, 5.41) is 2.80. The molecule has 1 heterocycles. The molecule has 4 heteroatoms. The molecule has 4 nitrogen and oxygen atoms in total. The van der Waals surface area contributed by atoms with Crippen molar-refractivity contribution in [2.75, 3.05) is 20.3 Å². The van der Waals surface area contributed by atoms with Gasteiger partial charge in [-0.05, 0) is 24.6 Å². The summed E-state index contributed by atoms with van der Waals surface area (Å²) in [6.07, 6.45) is 0. The van der Waals surface area contributed by atoms with Crippen LogP contribution in [0.5, 0.6) is 5.75 Å². The first-order valence-corrected chi connectivity index (χ1v) is 5.19. The predicted molar refractivity (Wildman–Crippen MR) is 59.3 cm³/mol. The molecule has 1 fully saturated rings. The van der Waals surface area contributed by atoms with Crippen molar-refractivity contribution in [3.05, 3.63) is 29.8 Å². The highest BCUT2D eigenvalue weighted by Crippen LogP contribution is 2.28. The number of ether oxygens (including phenoxy) is 2. The van der Waals surface area contributed by atoms with E-state index in [1.807, 2.05) is 31.2 Å². The largest absolute Gasteiger partial charge is 0.497 e. The van der Waals surface area contributed by atoms with Gasteiger partial charge in [0.25, 0.3) is 0 Å². The molecule has 0 saturated carbocycles. The van der Waals surface area contributed by atoms with E-state index in [-0.39, 0.29) is 12.5 Å². The number of methoxy groups -OCH3 is 1. The van der Waals surface area contributed by atoms with Crippen LogP contribution in [0.2, 0.25) is 0 Å². The van der Waals surface area contributed by atoms with Gasteiger partial charge in [0.05, 0.1) is 13.7 Å². The summed E-state index contributed by atoms with van der Waals surface area (Å²) in [5.41, 5.74) is 0.537. The van der Waals surface area contributed by atoms with Gasteiger partial charge in [0.1, 0.15) is 18.0 Å². The third-order valence-corrected chi connectivity index (χ3v) is 2.83. The van der Waals surface area contributed by atoms with Crippen LogP contribution < -0.4 is 10.1 Å². The molecule has 1 atom stereocenters. The van der Waals surface area contributed by atoms with Crippen molar-refractivity contribution in [1.82, 2.24) is 5.32 Å². The summed E-state index contributed by atoms with van der Waals surface area (Å²) in [6.45, 7) is 2.55. The second-order valence-electron chi connectivity index (χ2n) is 4.03. The Balaban J connectivity index is 2.25. The standard InChI is InChI=1S/C12H15NO3/c1-12(8-13-11(14)7-16-12)9-4-3-5-10(6-9)15-2/h3-6H,7-8H2,1-2H3,(H,13,14). The fraction of sp³-hybridized carbons (Fsp3) is 0.417. The van der Waals surface area contributed by atoms with E-state index in [1.54, 1.807) is 7.11 Å². The number of hydrogen-bond acceptors (Lipinski definition) is 3. The SMILES string of the molecule is COc1cccc(C2(C)CNC(=O)CO2)c1. The first-order valence-electron chi connectivity index (χ1n) is 5.19. The normalized spacial score (nSPS) is 25.0. The van der Waals surface area contributed by atoms with Crippen LogP contribution in [0.3, 0.4) is 0 Å². The highest BCUT2D eigenvalue weighted by Gasteiger charge is 2.32. The zero-order chi connectivity index (χ0) is 11.6.